The first kappa shape index (κ1) is 22.0. The van der Waals surface area contributed by atoms with E-state index < -0.39 is 0 Å². The summed E-state index contributed by atoms with van der Waals surface area (Å²) in [6.07, 6.45) is 9.24. The third-order valence-corrected chi connectivity index (χ3v) is 4.81. The Hall–Kier alpha value is -2.30. The summed E-state index contributed by atoms with van der Waals surface area (Å²) < 4.78 is 10.7. The molecule has 5 heteroatoms. The smallest absolute Gasteiger partial charge is 0.307 e. The van der Waals surface area contributed by atoms with Gasteiger partial charge in [-0.3, -0.25) is 9.59 Å². The van der Waals surface area contributed by atoms with Gasteiger partial charge in [0.2, 0.25) is 5.91 Å². The minimum Gasteiger partial charge on any atom is -0.491 e. The maximum absolute atomic E-state index is 12.9. The molecule has 1 fully saturated rings. The van der Waals surface area contributed by atoms with Crippen LogP contribution in [0, 0.1) is 0 Å². The van der Waals surface area contributed by atoms with E-state index in [1.54, 1.807) is 13.0 Å². The van der Waals surface area contributed by atoms with Gasteiger partial charge in [-0.2, -0.15) is 0 Å². The second-order valence-electron chi connectivity index (χ2n) is 7.45. The fourth-order valence-electron chi connectivity index (χ4n) is 3.54. The van der Waals surface area contributed by atoms with Gasteiger partial charge in [-0.25, -0.2) is 0 Å². The Labute approximate surface area is 168 Å². The third-order valence-electron chi connectivity index (χ3n) is 4.81. The van der Waals surface area contributed by atoms with Gasteiger partial charge in [-0.15, -0.1) is 0 Å². The molecule has 2 rings (SSSR count). The summed E-state index contributed by atoms with van der Waals surface area (Å²) in [5.41, 5.74) is 0.917. The zero-order valence-electron chi connectivity index (χ0n) is 17.4. The molecule has 0 unspecified atom stereocenters. The zero-order valence-corrected chi connectivity index (χ0v) is 17.4. The van der Waals surface area contributed by atoms with Crippen molar-refractivity contribution in [2.45, 2.75) is 71.4 Å². The molecule has 1 aromatic carbocycles. The molecule has 154 valence electrons. The van der Waals surface area contributed by atoms with E-state index in [9.17, 15) is 9.59 Å². The van der Waals surface area contributed by atoms with Crippen molar-refractivity contribution < 1.29 is 19.1 Å². The van der Waals surface area contributed by atoms with Crippen molar-refractivity contribution in [2.24, 2.45) is 0 Å². The summed E-state index contributed by atoms with van der Waals surface area (Å²) in [6, 6.07) is 7.90. The van der Waals surface area contributed by atoms with Crippen LogP contribution < -0.4 is 4.74 Å². The van der Waals surface area contributed by atoms with Gasteiger partial charge in [-0.1, -0.05) is 31.4 Å². The van der Waals surface area contributed by atoms with Gasteiger partial charge in [0.1, 0.15) is 5.75 Å². The van der Waals surface area contributed by atoms with Crippen LogP contribution in [0.3, 0.4) is 0 Å². The predicted octanol–water partition coefficient (Wildman–Crippen LogP) is 4.60. The largest absolute Gasteiger partial charge is 0.491 e. The molecular weight excluding hydrogens is 354 g/mol. The number of carbonyl (C=O) groups excluding carboxylic acids is 2. The molecule has 1 aliphatic rings. The number of benzene rings is 1. The van der Waals surface area contributed by atoms with E-state index in [-0.39, 0.29) is 30.4 Å². The minimum absolute atomic E-state index is 0.0496. The second-order valence-corrected chi connectivity index (χ2v) is 7.45. The van der Waals surface area contributed by atoms with Gasteiger partial charge in [-0.05, 0) is 57.4 Å². The van der Waals surface area contributed by atoms with Crippen LogP contribution in [-0.2, 0) is 14.3 Å². The summed E-state index contributed by atoms with van der Waals surface area (Å²) in [5, 5.41) is 0. The number of hydrogen-bond donors (Lipinski definition) is 0. The fraction of sp³-hybridized carbons (Fsp3) is 0.565. The molecule has 5 nitrogen and oxygen atoms in total. The van der Waals surface area contributed by atoms with Crippen molar-refractivity contribution in [3.63, 3.8) is 0 Å². The molecule has 0 aliphatic heterocycles. The Morgan fingerprint density at radius 1 is 1.21 bits per heavy atom. The van der Waals surface area contributed by atoms with Crippen molar-refractivity contribution in [1.82, 2.24) is 4.90 Å². The Balaban J connectivity index is 2.05. The van der Waals surface area contributed by atoms with E-state index in [0.29, 0.717) is 13.2 Å². The highest BCUT2D eigenvalue weighted by atomic mass is 16.5. The van der Waals surface area contributed by atoms with Crippen molar-refractivity contribution in [3.05, 3.63) is 35.9 Å². The van der Waals surface area contributed by atoms with Crippen LogP contribution in [0.25, 0.3) is 6.08 Å². The molecule has 1 amide bonds. The van der Waals surface area contributed by atoms with Gasteiger partial charge < -0.3 is 14.4 Å². The molecule has 0 saturated heterocycles. The first-order chi connectivity index (χ1) is 13.5. The molecule has 28 heavy (non-hydrogen) atoms. The average Bonchev–Trinajstić information content (AvgIpc) is 2.67. The summed E-state index contributed by atoms with van der Waals surface area (Å²) in [5.74, 6) is 0.487. The average molecular weight is 388 g/mol. The topological polar surface area (TPSA) is 55.8 Å². The maximum Gasteiger partial charge on any atom is 0.307 e. The van der Waals surface area contributed by atoms with Crippen LogP contribution >= 0.6 is 0 Å². The van der Waals surface area contributed by atoms with Crippen LogP contribution in [0.2, 0.25) is 0 Å². The van der Waals surface area contributed by atoms with Crippen LogP contribution in [0.5, 0.6) is 5.75 Å². The van der Waals surface area contributed by atoms with Gasteiger partial charge in [0, 0.05) is 18.7 Å². The van der Waals surface area contributed by atoms with E-state index >= 15 is 0 Å². The van der Waals surface area contributed by atoms with Crippen LogP contribution in [-0.4, -0.2) is 42.1 Å². The third kappa shape index (κ3) is 7.37. The van der Waals surface area contributed by atoms with Crippen LogP contribution in [0.4, 0.5) is 0 Å². The maximum atomic E-state index is 12.9. The monoisotopic (exact) mass is 387 g/mol. The van der Waals surface area contributed by atoms with Gasteiger partial charge >= 0.3 is 5.97 Å². The molecule has 1 aliphatic carbocycles. The van der Waals surface area contributed by atoms with Gasteiger partial charge in [0.05, 0.1) is 19.1 Å². The lowest BCUT2D eigenvalue weighted by atomic mass is 9.94. The van der Waals surface area contributed by atoms with Gasteiger partial charge in [0.15, 0.2) is 0 Å². The summed E-state index contributed by atoms with van der Waals surface area (Å²) in [6.45, 7) is 6.53. The van der Waals surface area contributed by atoms with Crippen molar-refractivity contribution >= 4 is 18.0 Å². The molecule has 0 aromatic heterocycles. The van der Waals surface area contributed by atoms with E-state index in [0.717, 1.165) is 37.0 Å². The van der Waals surface area contributed by atoms with E-state index in [2.05, 4.69) is 0 Å². The SMILES string of the molecule is CCOC(=O)CCN(C(=O)/C=C/c1cccc(OC(C)C)c1)C1CCCCC1. The Kier molecular flexibility index (Phi) is 9.05. The molecule has 1 saturated carbocycles. The minimum atomic E-state index is -0.251. The lowest BCUT2D eigenvalue weighted by Gasteiger charge is -2.33. The van der Waals surface area contributed by atoms with Crippen LogP contribution in [0.1, 0.15) is 64.9 Å². The zero-order chi connectivity index (χ0) is 20.4. The number of rotatable bonds is 9. The summed E-state index contributed by atoms with van der Waals surface area (Å²) in [7, 11) is 0. The van der Waals surface area contributed by atoms with Crippen molar-refractivity contribution in [3.8, 4) is 5.75 Å². The fourth-order valence-corrected chi connectivity index (χ4v) is 3.54. The highest BCUT2D eigenvalue weighted by molar-refractivity contribution is 5.92. The Morgan fingerprint density at radius 3 is 2.64 bits per heavy atom. The van der Waals surface area contributed by atoms with E-state index in [4.69, 9.17) is 9.47 Å². The lowest BCUT2D eigenvalue weighted by Crippen LogP contribution is -2.42. The summed E-state index contributed by atoms with van der Waals surface area (Å²) >= 11 is 0. The molecule has 0 spiro atoms. The Morgan fingerprint density at radius 2 is 1.96 bits per heavy atom. The first-order valence-corrected chi connectivity index (χ1v) is 10.4. The molecule has 0 atom stereocenters. The number of esters is 1. The van der Waals surface area contributed by atoms with Crippen molar-refractivity contribution in [1.29, 1.82) is 0 Å². The van der Waals surface area contributed by atoms with E-state index in [1.807, 2.05) is 49.1 Å². The molecule has 1 aromatic rings. The molecule has 0 N–H and O–H groups in total. The number of hydrogen-bond acceptors (Lipinski definition) is 4. The molecule has 0 heterocycles. The standard InChI is InChI=1S/C23H33NO4/c1-4-27-23(26)15-16-24(20-10-6-5-7-11-20)22(25)14-13-19-9-8-12-21(17-19)28-18(2)3/h8-9,12-14,17-18,20H,4-7,10-11,15-16H2,1-3H3/b14-13+. The highest BCUT2D eigenvalue weighted by Gasteiger charge is 2.24. The first-order valence-electron chi connectivity index (χ1n) is 10.4. The summed E-state index contributed by atoms with van der Waals surface area (Å²) in [4.78, 5) is 26.5. The highest BCUT2D eigenvalue weighted by Crippen LogP contribution is 2.23. The molecule has 0 bridgehead atoms. The Bertz CT molecular complexity index is 662. The molecule has 0 radical (unpaired) electrons. The number of amides is 1. The molecular formula is C23H33NO4. The predicted molar refractivity (Wildman–Crippen MR) is 111 cm³/mol. The van der Waals surface area contributed by atoms with Gasteiger partial charge in [0.25, 0.3) is 0 Å². The number of ether oxygens (including phenoxy) is 2. The van der Waals surface area contributed by atoms with E-state index in [1.165, 1.54) is 6.42 Å². The number of carbonyl (C=O) groups is 2. The quantitative estimate of drug-likeness (QED) is 0.459. The van der Waals surface area contributed by atoms with Crippen molar-refractivity contribution in [2.75, 3.05) is 13.2 Å². The van der Waals surface area contributed by atoms with Crippen LogP contribution in [0.15, 0.2) is 30.3 Å². The number of nitrogens with zero attached hydrogens (tertiary/aromatic N) is 1. The second kappa shape index (κ2) is 11.5. The lowest BCUT2D eigenvalue weighted by molar-refractivity contribution is -0.144. The normalized spacial score (nSPS) is 15.0.